The third-order valence-electron chi connectivity index (χ3n) is 1.85. The second kappa shape index (κ2) is 3.75. The van der Waals surface area contributed by atoms with Crippen molar-refractivity contribution in [3.8, 4) is 0 Å². The molecule has 14 heavy (non-hydrogen) atoms. The van der Waals surface area contributed by atoms with Gasteiger partial charge in [0.2, 0.25) is 0 Å². The van der Waals surface area contributed by atoms with Crippen LogP contribution in [-0.2, 0) is 5.41 Å². The molecule has 0 atom stereocenters. The van der Waals surface area contributed by atoms with Crippen LogP contribution < -0.4 is 5.46 Å². The molecule has 1 aromatic rings. The van der Waals surface area contributed by atoms with E-state index in [0.29, 0.717) is 0 Å². The maximum atomic E-state index is 9.31. The van der Waals surface area contributed by atoms with E-state index in [0.717, 1.165) is 0 Å². The van der Waals surface area contributed by atoms with E-state index in [1.165, 1.54) is 0 Å². The zero-order valence-corrected chi connectivity index (χ0v) is 8.47. The van der Waals surface area contributed by atoms with Gasteiger partial charge in [0.1, 0.15) is 0 Å². The first kappa shape index (κ1) is 5.33. The Morgan fingerprint density at radius 3 is 2.43 bits per heavy atom. The van der Waals surface area contributed by atoms with Gasteiger partial charge in [-0.25, -0.2) is 0 Å². The average Bonchev–Trinajstić information content (AvgIpc) is 2.18. The molecule has 3 heteroatoms. The molecule has 2 N–H and O–H groups in total. The van der Waals surface area contributed by atoms with Gasteiger partial charge in [-0.05, 0) is 23.3 Å². The van der Waals surface area contributed by atoms with Gasteiger partial charge in [0, 0.05) is 4.11 Å². The molecule has 0 aliphatic heterocycles. The molecule has 0 amide bonds. The van der Waals surface area contributed by atoms with Gasteiger partial charge in [0.25, 0.3) is 0 Å². The van der Waals surface area contributed by atoms with Crippen molar-refractivity contribution in [1.29, 1.82) is 0 Å². The number of hydrogen-bond donors (Lipinski definition) is 2. The molecule has 0 aromatic heterocycles. The zero-order valence-electron chi connectivity index (χ0n) is 14.5. The van der Waals surface area contributed by atoms with E-state index in [2.05, 4.69) is 0 Å². The normalized spacial score (nSPS) is 18.6. The van der Waals surface area contributed by atoms with Gasteiger partial charge in [0.05, 0.1) is 4.11 Å². The number of benzene rings is 1. The summed E-state index contributed by atoms with van der Waals surface area (Å²) in [4.78, 5) is 0. The van der Waals surface area contributed by atoms with E-state index >= 15 is 0 Å². The van der Waals surface area contributed by atoms with Crippen molar-refractivity contribution in [2.24, 2.45) is 0 Å². The van der Waals surface area contributed by atoms with Crippen molar-refractivity contribution in [2.75, 3.05) is 0 Å². The molecule has 0 aliphatic rings. The molecular formula is C11H17BO2. The van der Waals surface area contributed by atoms with Crippen molar-refractivity contribution in [1.82, 2.24) is 0 Å². The first-order valence-electron chi connectivity index (χ1n) is 7.31. The van der Waals surface area contributed by atoms with Crippen LogP contribution in [0.2, 0.25) is 0 Å². The van der Waals surface area contributed by atoms with Gasteiger partial charge in [-0.15, -0.1) is 0 Å². The van der Waals surface area contributed by atoms with E-state index < -0.39 is 42.5 Å². The first-order chi connectivity index (χ1) is 8.80. The van der Waals surface area contributed by atoms with Crippen molar-refractivity contribution >= 4 is 12.6 Å². The van der Waals surface area contributed by atoms with E-state index in [1.54, 1.807) is 20.8 Å². The van der Waals surface area contributed by atoms with Crippen LogP contribution in [0, 0.1) is 6.85 Å². The molecule has 76 valence electrons. The van der Waals surface area contributed by atoms with Crippen LogP contribution in [-0.4, -0.2) is 17.2 Å². The SMILES string of the molecule is [2H]c1c([2H])c(C(C)(C)C)c([2H])c(C([2H])([2H])[2H])c1B(O)O. The summed E-state index contributed by atoms with van der Waals surface area (Å²) in [6.45, 7) is 2.35. The van der Waals surface area contributed by atoms with Crippen LogP contribution in [0.5, 0.6) is 0 Å². The minimum absolute atomic E-state index is 0.109. The lowest BCUT2D eigenvalue weighted by atomic mass is 9.75. The quantitative estimate of drug-likeness (QED) is 0.660. The Morgan fingerprint density at radius 1 is 1.36 bits per heavy atom. The maximum absolute atomic E-state index is 9.31. The predicted molar refractivity (Wildman–Crippen MR) is 59.7 cm³/mol. The Labute approximate surface area is 94.2 Å². The van der Waals surface area contributed by atoms with Crippen LogP contribution in [0.25, 0.3) is 0 Å². The Hall–Kier alpha value is -0.795. The summed E-state index contributed by atoms with van der Waals surface area (Å²) in [6.07, 6.45) is 0. The lowest BCUT2D eigenvalue weighted by Crippen LogP contribution is -2.32. The fourth-order valence-corrected chi connectivity index (χ4v) is 0.985. The summed E-state index contributed by atoms with van der Waals surface area (Å²) in [5, 5.41) is 18.6. The van der Waals surface area contributed by atoms with Crippen molar-refractivity contribution in [3.63, 3.8) is 0 Å². The van der Waals surface area contributed by atoms with E-state index in [-0.39, 0.29) is 11.6 Å². The molecule has 0 heterocycles. The van der Waals surface area contributed by atoms with Crippen LogP contribution in [0.3, 0.4) is 0 Å². The Morgan fingerprint density at radius 2 is 2.00 bits per heavy atom. The smallest absolute Gasteiger partial charge is 0.423 e. The van der Waals surface area contributed by atoms with Crippen LogP contribution in [0.4, 0.5) is 0 Å². The highest BCUT2D eigenvalue weighted by Crippen LogP contribution is 2.21. The summed E-state index contributed by atoms with van der Waals surface area (Å²) in [7, 11) is -2.21. The van der Waals surface area contributed by atoms with Crippen molar-refractivity contribution in [2.45, 2.75) is 33.0 Å². The minimum Gasteiger partial charge on any atom is -0.423 e. The van der Waals surface area contributed by atoms with Gasteiger partial charge in [0.15, 0.2) is 0 Å². The average molecular weight is 198 g/mol. The molecule has 0 bridgehead atoms. The summed E-state index contributed by atoms with van der Waals surface area (Å²) in [6, 6.07) is -1.34. The number of rotatable bonds is 1. The van der Waals surface area contributed by atoms with Gasteiger partial charge in [-0.2, -0.15) is 0 Å². The standard InChI is InChI=1S/C11H17BO2/c1-8-7-9(11(2,3)4)5-6-10(8)12(13)14/h5-7,13-14H,1-4H3/i1D3,5D,6D,7D. The lowest BCUT2D eigenvalue weighted by Gasteiger charge is -2.20. The molecule has 0 saturated carbocycles. The molecule has 0 saturated heterocycles. The highest BCUT2D eigenvalue weighted by molar-refractivity contribution is 6.59. The Bertz CT molecular complexity index is 533. The highest BCUT2D eigenvalue weighted by Gasteiger charge is 2.18. The van der Waals surface area contributed by atoms with E-state index in [4.69, 9.17) is 8.22 Å². The molecular weight excluding hydrogens is 175 g/mol. The number of hydrogen-bond acceptors (Lipinski definition) is 2. The van der Waals surface area contributed by atoms with Crippen molar-refractivity contribution < 1.29 is 18.3 Å². The molecule has 1 rings (SSSR count). The second-order valence-electron chi connectivity index (χ2n) is 4.16. The largest absolute Gasteiger partial charge is 0.488 e. The van der Waals surface area contributed by atoms with Gasteiger partial charge in [-0.3, -0.25) is 0 Å². The third kappa shape index (κ3) is 2.37. The summed E-state index contributed by atoms with van der Waals surface area (Å²) in [5.74, 6) is 0. The molecule has 1 aromatic carbocycles. The van der Waals surface area contributed by atoms with Gasteiger partial charge >= 0.3 is 7.12 Å². The second-order valence-corrected chi connectivity index (χ2v) is 4.16. The predicted octanol–water partition coefficient (Wildman–Crippen LogP) is 0.972. The summed E-state index contributed by atoms with van der Waals surface area (Å²) >= 11 is 0. The fourth-order valence-electron chi connectivity index (χ4n) is 0.985. The molecule has 0 aliphatic carbocycles. The first-order valence-corrected chi connectivity index (χ1v) is 4.31. The molecule has 0 spiro atoms. The molecule has 0 unspecified atom stereocenters. The lowest BCUT2D eigenvalue weighted by molar-refractivity contribution is 0.425. The molecule has 0 radical (unpaired) electrons. The Kier molecular flexibility index (Phi) is 1.43. The van der Waals surface area contributed by atoms with Crippen LogP contribution in [0.15, 0.2) is 18.1 Å². The van der Waals surface area contributed by atoms with E-state index in [9.17, 15) is 10.0 Å². The minimum atomic E-state index is -2.76. The van der Waals surface area contributed by atoms with Crippen molar-refractivity contribution in [3.05, 3.63) is 29.3 Å². The van der Waals surface area contributed by atoms with E-state index in [1.807, 2.05) is 0 Å². The van der Waals surface area contributed by atoms with Crippen LogP contribution in [0.1, 0.15) is 40.1 Å². The van der Waals surface area contributed by atoms with Crippen LogP contribution >= 0.6 is 0 Å². The highest BCUT2D eigenvalue weighted by atomic mass is 16.4. The van der Waals surface area contributed by atoms with Gasteiger partial charge < -0.3 is 10.0 Å². The Balaban J connectivity index is 3.95. The summed E-state index contributed by atoms with van der Waals surface area (Å²) in [5.41, 5.74) is -1.76. The monoisotopic (exact) mass is 198 g/mol. The third-order valence-corrected chi connectivity index (χ3v) is 1.85. The van der Waals surface area contributed by atoms with Gasteiger partial charge in [-0.1, -0.05) is 44.5 Å². The maximum Gasteiger partial charge on any atom is 0.488 e. The molecule has 0 fully saturated rings. The topological polar surface area (TPSA) is 40.5 Å². The summed E-state index contributed by atoms with van der Waals surface area (Å²) < 4.78 is 46.2. The molecule has 2 nitrogen and oxygen atoms in total. The fraction of sp³-hybridized carbons (Fsp3) is 0.455. The zero-order chi connectivity index (χ0) is 16.0.